The second-order valence-electron chi connectivity index (χ2n) is 6.32. The maximum Gasteiger partial charge on any atom is 0.228 e. The molecule has 0 unspecified atom stereocenters. The van der Waals surface area contributed by atoms with Crippen LogP contribution in [0.15, 0.2) is 29.6 Å². The maximum atomic E-state index is 13.8. The maximum absolute atomic E-state index is 13.8. The number of benzene rings is 1. The summed E-state index contributed by atoms with van der Waals surface area (Å²) in [5, 5.41) is 8.40. The first-order valence-corrected chi connectivity index (χ1v) is 9.62. The molecule has 3 aromatic heterocycles. The summed E-state index contributed by atoms with van der Waals surface area (Å²) in [6.45, 7) is 0.382. The van der Waals surface area contributed by atoms with Crippen LogP contribution in [-0.4, -0.2) is 35.8 Å². The summed E-state index contributed by atoms with van der Waals surface area (Å²) in [7, 11) is 0. The van der Waals surface area contributed by atoms with E-state index >= 15 is 0 Å². The van der Waals surface area contributed by atoms with Crippen LogP contribution in [0.3, 0.4) is 0 Å². The molecule has 4 aromatic rings. The lowest BCUT2D eigenvalue weighted by atomic mass is 10.2. The summed E-state index contributed by atoms with van der Waals surface area (Å²) < 4.78 is 15.5. The van der Waals surface area contributed by atoms with Crippen molar-refractivity contribution in [2.24, 2.45) is 0 Å². The number of aromatic amines is 1. The molecule has 0 amide bonds. The molecule has 0 aliphatic heterocycles. The van der Waals surface area contributed by atoms with Crippen LogP contribution >= 0.6 is 11.8 Å². The third kappa shape index (κ3) is 2.59. The molecule has 2 N–H and O–H groups in total. The van der Waals surface area contributed by atoms with E-state index < -0.39 is 0 Å². The fourth-order valence-corrected chi connectivity index (χ4v) is 3.41. The lowest BCUT2D eigenvalue weighted by Crippen LogP contribution is -2.10. The molecule has 5 rings (SSSR count). The van der Waals surface area contributed by atoms with Gasteiger partial charge in [-0.1, -0.05) is 17.8 Å². The molecule has 132 valence electrons. The molecule has 3 heterocycles. The highest BCUT2D eigenvalue weighted by atomic mass is 32.2. The molecule has 0 atom stereocenters. The molecule has 1 aromatic carbocycles. The number of aromatic nitrogens is 6. The summed E-state index contributed by atoms with van der Waals surface area (Å²) in [5.41, 5.74) is 3.05. The Morgan fingerprint density at radius 2 is 2.19 bits per heavy atom. The lowest BCUT2D eigenvalue weighted by molar-refractivity contribution is 0.637. The van der Waals surface area contributed by atoms with Crippen molar-refractivity contribution in [2.45, 2.75) is 30.5 Å². The van der Waals surface area contributed by atoms with Gasteiger partial charge in [0.2, 0.25) is 5.95 Å². The van der Waals surface area contributed by atoms with Gasteiger partial charge in [-0.15, -0.1) is 0 Å². The second-order valence-corrected chi connectivity index (χ2v) is 7.09. The van der Waals surface area contributed by atoms with Crippen LogP contribution < -0.4 is 5.32 Å². The molecular formula is C17H16FN7S. The van der Waals surface area contributed by atoms with Crippen LogP contribution in [0.5, 0.6) is 0 Å². The number of thioether (sulfide) groups is 1. The first-order chi connectivity index (χ1) is 12.7. The van der Waals surface area contributed by atoms with E-state index in [-0.39, 0.29) is 5.82 Å². The lowest BCUT2D eigenvalue weighted by Gasteiger charge is -2.07. The molecule has 7 nitrogen and oxygen atoms in total. The van der Waals surface area contributed by atoms with Gasteiger partial charge in [0, 0.05) is 5.56 Å². The van der Waals surface area contributed by atoms with Gasteiger partial charge in [0.25, 0.3) is 0 Å². The number of hydrogen-bond acceptors (Lipinski definition) is 6. The minimum absolute atomic E-state index is 0.333. The zero-order valence-electron chi connectivity index (χ0n) is 14.0. The van der Waals surface area contributed by atoms with E-state index in [0.717, 1.165) is 5.65 Å². The summed E-state index contributed by atoms with van der Waals surface area (Å²) in [5.74, 6) is 1.47. The van der Waals surface area contributed by atoms with Crippen molar-refractivity contribution in [3.63, 3.8) is 0 Å². The Labute approximate surface area is 152 Å². The van der Waals surface area contributed by atoms with Crippen molar-refractivity contribution in [1.82, 2.24) is 29.5 Å². The van der Waals surface area contributed by atoms with Gasteiger partial charge in [-0.2, -0.15) is 14.6 Å². The number of rotatable bonds is 5. The number of imidazole rings is 1. The van der Waals surface area contributed by atoms with E-state index in [9.17, 15) is 4.39 Å². The molecule has 0 saturated heterocycles. The van der Waals surface area contributed by atoms with E-state index in [1.807, 2.05) is 12.5 Å². The van der Waals surface area contributed by atoms with Crippen molar-refractivity contribution in [3.05, 3.63) is 41.6 Å². The first-order valence-electron chi connectivity index (χ1n) is 8.39. The van der Waals surface area contributed by atoms with Gasteiger partial charge in [-0.25, -0.2) is 14.4 Å². The zero-order valence-corrected chi connectivity index (χ0v) is 14.8. The minimum Gasteiger partial charge on any atom is -0.347 e. The van der Waals surface area contributed by atoms with E-state index in [0.29, 0.717) is 40.4 Å². The number of para-hydroxylation sites is 1. The van der Waals surface area contributed by atoms with Gasteiger partial charge in [0.1, 0.15) is 11.3 Å². The normalized spacial score (nSPS) is 14.4. The zero-order chi connectivity index (χ0) is 17.7. The summed E-state index contributed by atoms with van der Waals surface area (Å²) in [4.78, 5) is 16.6. The number of fused-ring (bicyclic) bond motifs is 2. The van der Waals surface area contributed by atoms with Gasteiger partial charge in [0.15, 0.2) is 16.6 Å². The monoisotopic (exact) mass is 369 g/mol. The topological polar surface area (TPSA) is 83.8 Å². The smallest absolute Gasteiger partial charge is 0.228 e. The van der Waals surface area contributed by atoms with E-state index in [2.05, 4.69) is 30.4 Å². The Morgan fingerprint density at radius 1 is 1.31 bits per heavy atom. The van der Waals surface area contributed by atoms with Crippen LogP contribution in [0.2, 0.25) is 0 Å². The highest BCUT2D eigenvalue weighted by molar-refractivity contribution is 7.98. The standard InChI is InChI=1S/C17H16FN7S/c1-26-17-23-15-10(9-5-6-9)7-20-25(15)16(24-17)19-8-13-21-12-4-2-3-11(18)14(12)22-13/h2-4,7,9H,5-6,8H2,1H3,(H,21,22)(H,19,23,24). The molecule has 0 radical (unpaired) electrons. The number of H-pyrrole nitrogens is 1. The average Bonchev–Trinajstić information content (AvgIpc) is 3.25. The van der Waals surface area contributed by atoms with E-state index in [1.165, 1.54) is 36.2 Å². The fourth-order valence-electron chi connectivity index (χ4n) is 3.06. The van der Waals surface area contributed by atoms with E-state index in [4.69, 9.17) is 0 Å². The Bertz CT molecular complexity index is 1120. The SMILES string of the molecule is CSc1nc(NCc2nc3c(F)cccc3[nH]2)n2ncc(C3CC3)c2n1. The fraction of sp³-hybridized carbons (Fsp3) is 0.294. The molecule has 9 heteroatoms. The van der Waals surface area contributed by atoms with Gasteiger partial charge in [0.05, 0.1) is 18.3 Å². The number of hydrogen-bond donors (Lipinski definition) is 2. The predicted molar refractivity (Wildman–Crippen MR) is 97.9 cm³/mol. The van der Waals surface area contributed by atoms with Crippen molar-refractivity contribution >= 4 is 34.4 Å². The molecule has 1 fully saturated rings. The Kier molecular flexibility index (Phi) is 3.56. The summed E-state index contributed by atoms with van der Waals surface area (Å²) in [6, 6.07) is 4.87. The molecule has 0 spiro atoms. The van der Waals surface area contributed by atoms with Crippen LogP contribution in [0.25, 0.3) is 16.7 Å². The molecule has 1 saturated carbocycles. The van der Waals surface area contributed by atoms with Crippen molar-refractivity contribution < 1.29 is 4.39 Å². The predicted octanol–water partition coefficient (Wildman–Crippen LogP) is 3.35. The quantitative estimate of drug-likeness (QED) is 0.525. The van der Waals surface area contributed by atoms with Crippen LogP contribution in [0.4, 0.5) is 10.3 Å². The third-order valence-corrected chi connectivity index (χ3v) is 5.05. The molecule has 26 heavy (non-hydrogen) atoms. The van der Waals surface area contributed by atoms with Crippen LogP contribution in [0.1, 0.15) is 30.1 Å². The van der Waals surface area contributed by atoms with Crippen molar-refractivity contribution in [1.29, 1.82) is 0 Å². The summed E-state index contributed by atoms with van der Waals surface area (Å²) >= 11 is 1.49. The minimum atomic E-state index is -0.333. The Hall–Kier alpha value is -2.68. The molecular weight excluding hydrogens is 353 g/mol. The average molecular weight is 369 g/mol. The van der Waals surface area contributed by atoms with Crippen LogP contribution in [-0.2, 0) is 6.54 Å². The van der Waals surface area contributed by atoms with Crippen LogP contribution in [0, 0.1) is 5.82 Å². The third-order valence-electron chi connectivity index (χ3n) is 4.50. The first kappa shape index (κ1) is 15.6. The number of halogens is 1. The molecule has 1 aliphatic rings. The van der Waals surface area contributed by atoms with Gasteiger partial charge in [-0.3, -0.25) is 0 Å². The summed E-state index contributed by atoms with van der Waals surface area (Å²) in [6.07, 6.45) is 6.21. The largest absolute Gasteiger partial charge is 0.347 e. The van der Waals surface area contributed by atoms with E-state index in [1.54, 1.807) is 16.6 Å². The van der Waals surface area contributed by atoms with Gasteiger partial charge >= 0.3 is 0 Å². The van der Waals surface area contributed by atoms with Crippen molar-refractivity contribution in [3.8, 4) is 0 Å². The van der Waals surface area contributed by atoms with Crippen molar-refractivity contribution in [2.75, 3.05) is 11.6 Å². The highest BCUT2D eigenvalue weighted by Crippen LogP contribution is 2.41. The second kappa shape index (κ2) is 5.94. The molecule has 1 aliphatic carbocycles. The molecule has 0 bridgehead atoms. The number of nitrogens with zero attached hydrogens (tertiary/aromatic N) is 5. The van der Waals surface area contributed by atoms with Gasteiger partial charge < -0.3 is 10.3 Å². The number of nitrogens with one attached hydrogen (secondary N) is 2. The number of anilines is 1. The van der Waals surface area contributed by atoms with Gasteiger partial charge in [-0.05, 0) is 37.1 Å². The Balaban J connectivity index is 1.49. The highest BCUT2D eigenvalue weighted by Gasteiger charge is 2.28. The Morgan fingerprint density at radius 3 is 2.96 bits per heavy atom.